The van der Waals surface area contributed by atoms with E-state index < -0.39 is 11.0 Å². The second-order valence-corrected chi connectivity index (χ2v) is 2.42. The number of nitrogens with zero attached hydrogens (tertiary/aromatic N) is 1. The maximum atomic E-state index is 9.79. The summed E-state index contributed by atoms with van der Waals surface area (Å²) in [5.41, 5.74) is 0. The zero-order chi connectivity index (χ0) is 6.73. The summed E-state index contributed by atoms with van der Waals surface area (Å²) in [7, 11) is 0. The molecule has 9 heavy (non-hydrogen) atoms. The van der Waals surface area contributed by atoms with Gasteiger partial charge in [-0.3, -0.25) is 10.1 Å². The quantitative estimate of drug-likeness (QED) is 0.159. The van der Waals surface area contributed by atoms with Gasteiger partial charge in [0.15, 0.2) is 0 Å². The molecule has 3 nitrogen and oxygen atoms in total. The Balaban J connectivity index is 0. The molecule has 0 rings (SSSR count). The van der Waals surface area contributed by atoms with Crippen LogP contribution in [0.15, 0.2) is 0 Å². The van der Waals surface area contributed by atoms with Gasteiger partial charge < -0.3 is 24.8 Å². The van der Waals surface area contributed by atoms with E-state index in [9.17, 15) is 10.1 Å². The Labute approximate surface area is 107 Å². The fraction of sp³-hybridized carbons (Fsp3) is 0.667. The van der Waals surface area contributed by atoms with E-state index in [-0.39, 0.29) is 55.6 Å². The van der Waals surface area contributed by atoms with E-state index >= 15 is 0 Å². The average molecular weight is 189 g/mol. The van der Waals surface area contributed by atoms with Gasteiger partial charge in [-0.25, -0.2) is 0 Å². The van der Waals surface area contributed by atoms with Crippen molar-refractivity contribution in [3.05, 3.63) is 10.1 Å². The normalized spacial score (nSPS) is 11.2. The van der Waals surface area contributed by atoms with Gasteiger partial charge in [-0.15, -0.1) is 0 Å². The van der Waals surface area contributed by atoms with Crippen molar-refractivity contribution in [3.63, 3.8) is 0 Å². The fourth-order valence-electron chi connectivity index (χ4n) is 0.0861. The minimum atomic E-state index is -0.861. The third-order valence-electron chi connectivity index (χ3n) is 0.657. The van der Waals surface area contributed by atoms with Crippen molar-refractivity contribution in [3.8, 4) is 0 Å². The Kier molecular flexibility index (Phi) is 8.77. The number of thiocarbonyl (C=S) groups is 1. The maximum Gasteiger partial charge on any atom is 1.00 e. The van der Waals surface area contributed by atoms with E-state index in [2.05, 4.69) is 24.8 Å². The molecule has 0 aromatic rings. The summed E-state index contributed by atoms with van der Waals surface area (Å²) < 4.78 is 0.00926. The van der Waals surface area contributed by atoms with Crippen LogP contribution in [0.5, 0.6) is 0 Å². The molecule has 46 valence electrons. The van der Waals surface area contributed by atoms with Crippen LogP contribution in [0.25, 0.3) is 0 Å². The Bertz CT molecular complexity index is 115. The largest absolute Gasteiger partial charge is 1.00 e. The topological polar surface area (TPSA) is 43.1 Å². The van der Waals surface area contributed by atoms with E-state index in [0.29, 0.717) is 0 Å². The van der Waals surface area contributed by atoms with Crippen LogP contribution in [0.4, 0.5) is 0 Å². The Morgan fingerprint density at radius 1 is 1.89 bits per heavy atom. The monoisotopic (exact) mass is 189 g/mol. The van der Waals surface area contributed by atoms with Crippen molar-refractivity contribution in [2.24, 2.45) is 0 Å². The SMILES string of the molecule is CC(C(=S)[S-])[N+](=O)[O-].[K+]. The van der Waals surface area contributed by atoms with E-state index in [1.165, 1.54) is 6.92 Å². The molecule has 6 heteroatoms. The molecule has 0 fully saturated rings. The van der Waals surface area contributed by atoms with Crippen molar-refractivity contribution in [2.45, 2.75) is 13.0 Å². The first-order valence-corrected chi connectivity index (χ1v) is 2.71. The van der Waals surface area contributed by atoms with Crippen LogP contribution in [0, 0.1) is 10.1 Å². The third kappa shape index (κ3) is 5.77. The first-order chi connectivity index (χ1) is 3.55. The number of hydrogen-bond donors (Lipinski definition) is 0. The predicted octanol–water partition coefficient (Wildman–Crippen LogP) is -2.47. The van der Waals surface area contributed by atoms with Crippen LogP contribution in [-0.4, -0.2) is 15.2 Å². The molecule has 0 N–H and O–H groups in total. The Morgan fingerprint density at radius 2 is 2.22 bits per heavy atom. The molecular weight excluding hydrogens is 185 g/mol. The standard InChI is InChI=1S/C3H5NO2S2.K/c1-2(3(7)8)4(5)6;/h2H,1H3,(H,7,8);/q;+1/p-1. The molecule has 1 atom stereocenters. The van der Waals surface area contributed by atoms with Gasteiger partial charge in [-0.2, -0.15) is 0 Å². The summed E-state index contributed by atoms with van der Waals surface area (Å²) in [6, 6.07) is -0.861. The van der Waals surface area contributed by atoms with E-state index in [0.717, 1.165) is 0 Å². The molecule has 0 amide bonds. The van der Waals surface area contributed by atoms with Gasteiger partial charge in [0, 0.05) is 11.8 Å². The summed E-state index contributed by atoms with van der Waals surface area (Å²) in [6.45, 7) is 1.37. The molecule has 0 aliphatic heterocycles. The van der Waals surface area contributed by atoms with Crippen molar-refractivity contribution in [1.29, 1.82) is 0 Å². The Morgan fingerprint density at radius 3 is 2.22 bits per heavy atom. The molecule has 0 heterocycles. The first kappa shape index (κ1) is 13.0. The zero-order valence-electron chi connectivity index (χ0n) is 5.16. The van der Waals surface area contributed by atoms with Crippen LogP contribution >= 0.6 is 12.2 Å². The molecule has 0 aromatic heterocycles. The molecule has 0 aromatic carbocycles. The van der Waals surface area contributed by atoms with Crippen LogP contribution in [0.1, 0.15) is 6.92 Å². The van der Waals surface area contributed by atoms with Crippen molar-refractivity contribution in [1.82, 2.24) is 0 Å². The van der Waals surface area contributed by atoms with Crippen LogP contribution in [-0.2, 0) is 12.6 Å². The molecule has 0 aliphatic rings. The van der Waals surface area contributed by atoms with Gasteiger partial charge >= 0.3 is 51.4 Å². The smallest absolute Gasteiger partial charge is 0.426 e. The molecule has 0 bridgehead atoms. The molecule has 0 aliphatic carbocycles. The number of nitro groups is 1. The minimum absolute atomic E-state index is 0. The van der Waals surface area contributed by atoms with Gasteiger partial charge in [0.2, 0.25) is 6.04 Å². The van der Waals surface area contributed by atoms with E-state index in [1.54, 1.807) is 0 Å². The van der Waals surface area contributed by atoms with Crippen molar-refractivity contribution in [2.75, 3.05) is 0 Å². The zero-order valence-corrected chi connectivity index (χ0v) is 9.91. The summed E-state index contributed by atoms with van der Waals surface area (Å²) in [5, 5.41) is 9.79. The molecule has 0 radical (unpaired) electrons. The number of hydrogen-bond acceptors (Lipinski definition) is 4. The van der Waals surface area contributed by atoms with Crippen molar-refractivity contribution < 1.29 is 56.3 Å². The van der Waals surface area contributed by atoms with Crippen LogP contribution in [0.2, 0.25) is 0 Å². The second kappa shape index (κ2) is 6.08. The van der Waals surface area contributed by atoms with Crippen LogP contribution < -0.4 is 51.4 Å². The van der Waals surface area contributed by atoms with E-state index in [4.69, 9.17) is 0 Å². The molecule has 0 spiro atoms. The molecule has 1 unspecified atom stereocenters. The van der Waals surface area contributed by atoms with Crippen molar-refractivity contribution >= 4 is 29.0 Å². The van der Waals surface area contributed by atoms with E-state index in [1.807, 2.05) is 0 Å². The van der Waals surface area contributed by atoms with Gasteiger partial charge in [0.05, 0.1) is 0 Å². The molecule has 0 saturated heterocycles. The first-order valence-electron chi connectivity index (χ1n) is 1.90. The fourth-order valence-corrected chi connectivity index (χ4v) is 0.258. The van der Waals surface area contributed by atoms with Gasteiger partial charge in [0.1, 0.15) is 0 Å². The average Bonchev–Trinajstić information content (AvgIpc) is 1.64. The number of rotatable bonds is 2. The summed E-state index contributed by atoms with van der Waals surface area (Å²) in [6.07, 6.45) is 0. The molecular formula is C3H4KNO2S2. The third-order valence-corrected chi connectivity index (χ3v) is 1.34. The second-order valence-electron chi connectivity index (χ2n) is 1.28. The van der Waals surface area contributed by atoms with Gasteiger partial charge in [-0.05, 0) is 0 Å². The predicted molar refractivity (Wildman–Crippen MR) is 36.4 cm³/mol. The van der Waals surface area contributed by atoms with Crippen LogP contribution in [0.3, 0.4) is 0 Å². The summed E-state index contributed by atoms with van der Waals surface area (Å²) in [5.74, 6) is 0. The molecule has 0 saturated carbocycles. The van der Waals surface area contributed by atoms with Gasteiger partial charge in [-0.1, -0.05) is 4.20 Å². The Hall–Kier alpha value is 1.35. The van der Waals surface area contributed by atoms with Gasteiger partial charge in [0.25, 0.3) is 0 Å². The summed E-state index contributed by atoms with van der Waals surface area (Å²) >= 11 is 8.74. The minimum Gasteiger partial charge on any atom is -0.426 e. The summed E-state index contributed by atoms with van der Waals surface area (Å²) in [4.78, 5) is 9.29. The maximum absolute atomic E-state index is 9.79.